The molecule has 0 aliphatic rings. The van der Waals surface area contributed by atoms with Gasteiger partial charge in [0, 0.05) is 18.4 Å². The van der Waals surface area contributed by atoms with Crippen molar-refractivity contribution in [1.29, 1.82) is 0 Å². The molecule has 0 aliphatic carbocycles. The van der Waals surface area contributed by atoms with E-state index in [0.717, 1.165) is 0 Å². The summed E-state index contributed by atoms with van der Waals surface area (Å²) in [6.07, 6.45) is 3.49. The quantitative estimate of drug-likeness (QED) is 0.889. The Kier molecular flexibility index (Phi) is 5.09. The molecule has 0 spiro atoms. The van der Waals surface area contributed by atoms with Crippen molar-refractivity contribution < 1.29 is 14.7 Å². The largest absolute Gasteiger partial charge is 0.480 e. The lowest BCUT2D eigenvalue weighted by Gasteiger charge is -2.27. The summed E-state index contributed by atoms with van der Waals surface area (Å²) < 4.78 is 0. The van der Waals surface area contributed by atoms with Gasteiger partial charge in [-0.15, -0.1) is 0 Å². The van der Waals surface area contributed by atoms with Crippen LogP contribution < -0.4 is 0 Å². The Morgan fingerprint density at radius 1 is 1.56 bits per heavy atom. The van der Waals surface area contributed by atoms with E-state index in [4.69, 9.17) is 16.7 Å². The van der Waals surface area contributed by atoms with E-state index in [1.165, 1.54) is 23.4 Å². The lowest BCUT2D eigenvalue weighted by molar-refractivity contribution is -0.138. The molecule has 0 radical (unpaired) electrons. The zero-order chi connectivity index (χ0) is 13.7. The third-order valence-electron chi connectivity index (χ3n) is 2.69. The smallest absolute Gasteiger partial charge is 0.323 e. The van der Waals surface area contributed by atoms with Gasteiger partial charge in [-0.05, 0) is 19.4 Å². The number of nitrogens with zero attached hydrogens (tertiary/aromatic N) is 2. The molecule has 0 fully saturated rings. The first-order valence-electron chi connectivity index (χ1n) is 5.59. The Hall–Kier alpha value is -1.62. The Morgan fingerprint density at radius 3 is 2.72 bits per heavy atom. The van der Waals surface area contributed by atoms with Gasteiger partial charge in [0.15, 0.2) is 0 Å². The number of carboxylic acid groups (broad SMARTS) is 1. The van der Waals surface area contributed by atoms with Crippen LogP contribution in [0.2, 0.25) is 5.02 Å². The van der Waals surface area contributed by atoms with E-state index in [2.05, 4.69) is 4.98 Å². The molecule has 5 nitrogen and oxygen atoms in total. The Labute approximate surface area is 110 Å². The molecule has 1 heterocycles. The van der Waals surface area contributed by atoms with E-state index in [1.54, 1.807) is 6.92 Å². The van der Waals surface area contributed by atoms with E-state index in [1.807, 2.05) is 6.92 Å². The SMILES string of the molecule is CC[C@H](C)N(CC(=O)O)C(=O)c1ccncc1Cl. The molecule has 1 N–H and O–H groups in total. The van der Waals surface area contributed by atoms with Gasteiger partial charge in [-0.2, -0.15) is 0 Å². The number of pyridine rings is 1. The maximum atomic E-state index is 12.3. The van der Waals surface area contributed by atoms with Gasteiger partial charge < -0.3 is 10.0 Å². The molecular weight excluding hydrogens is 256 g/mol. The molecule has 0 aromatic carbocycles. The highest BCUT2D eigenvalue weighted by molar-refractivity contribution is 6.33. The molecule has 6 heteroatoms. The fourth-order valence-corrected chi connectivity index (χ4v) is 1.70. The average Bonchev–Trinajstić information content (AvgIpc) is 2.34. The normalized spacial score (nSPS) is 11.9. The average molecular weight is 271 g/mol. The lowest BCUT2D eigenvalue weighted by atomic mass is 10.1. The molecule has 0 bridgehead atoms. The predicted octanol–water partition coefficient (Wildman–Crippen LogP) is 2.06. The van der Waals surface area contributed by atoms with Crippen LogP contribution in [0.3, 0.4) is 0 Å². The molecule has 18 heavy (non-hydrogen) atoms. The van der Waals surface area contributed by atoms with Crippen LogP contribution in [0.1, 0.15) is 30.6 Å². The zero-order valence-corrected chi connectivity index (χ0v) is 11.0. The van der Waals surface area contributed by atoms with Crippen molar-refractivity contribution in [3.05, 3.63) is 29.0 Å². The maximum Gasteiger partial charge on any atom is 0.323 e. The highest BCUT2D eigenvalue weighted by Crippen LogP contribution is 2.17. The van der Waals surface area contributed by atoms with E-state index in [9.17, 15) is 9.59 Å². The van der Waals surface area contributed by atoms with Crippen molar-refractivity contribution in [2.45, 2.75) is 26.3 Å². The Morgan fingerprint density at radius 2 is 2.22 bits per heavy atom. The van der Waals surface area contributed by atoms with Crippen LogP contribution in [0, 0.1) is 0 Å². The first kappa shape index (κ1) is 14.4. The van der Waals surface area contributed by atoms with Crippen LogP contribution in [0.15, 0.2) is 18.5 Å². The third kappa shape index (κ3) is 3.43. The molecule has 1 aromatic heterocycles. The topological polar surface area (TPSA) is 70.5 Å². The van der Waals surface area contributed by atoms with Gasteiger partial charge in [-0.3, -0.25) is 14.6 Å². The molecular formula is C12H15ClN2O3. The molecule has 0 aliphatic heterocycles. The number of halogens is 1. The number of amides is 1. The standard InChI is InChI=1S/C12H15ClN2O3/c1-3-8(2)15(7-11(16)17)12(18)9-4-5-14-6-10(9)13/h4-6,8H,3,7H2,1-2H3,(H,16,17)/t8-/m0/s1. The third-order valence-corrected chi connectivity index (χ3v) is 2.99. The highest BCUT2D eigenvalue weighted by Gasteiger charge is 2.24. The van der Waals surface area contributed by atoms with E-state index in [0.29, 0.717) is 6.42 Å². The summed E-state index contributed by atoms with van der Waals surface area (Å²) in [7, 11) is 0. The molecule has 1 aromatic rings. The summed E-state index contributed by atoms with van der Waals surface area (Å²) in [5.74, 6) is -1.44. The van der Waals surface area contributed by atoms with Gasteiger partial charge in [0.05, 0.1) is 10.6 Å². The first-order chi connectivity index (χ1) is 8.47. The Bertz CT molecular complexity index is 451. The fraction of sp³-hybridized carbons (Fsp3) is 0.417. The van der Waals surface area contributed by atoms with Crippen molar-refractivity contribution in [1.82, 2.24) is 9.88 Å². The molecule has 1 atom stereocenters. The van der Waals surface area contributed by atoms with Gasteiger partial charge in [-0.25, -0.2) is 0 Å². The van der Waals surface area contributed by atoms with Crippen molar-refractivity contribution in [2.24, 2.45) is 0 Å². The molecule has 0 unspecified atom stereocenters. The second-order valence-corrected chi connectivity index (χ2v) is 4.35. The second-order valence-electron chi connectivity index (χ2n) is 3.94. The van der Waals surface area contributed by atoms with Gasteiger partial charge in [0.25, 0.3) is 5.91 Å². The van der Waals surface area contributed by atoms with Gasteiger partial charge in [0.2, 0.25) is 0 Å². The van der Waals surface area contributed by atoms with Crippen molar-refractivity contribution >= 4 is 23.5 Å². The summed E-state index contributed by atoms with van der Waals surface area (Å²) in [4.78, 5) is 28.2. The van der Waals surface area contributed by atoms with Crippen LogP contribution in [-0.4, -0.2) is 39.5 Å². The van der Waals surface area contributed by atoms with Crippen LogP contribution in [0.25, 0.3) is 0 Å². The number of hydrogen-bond donors (Lipinski definition) is 1. The number of carbonyl (C=O) groups is 2. The molecule has 0 saturated carbocycles. The van der Waals surface area contributed by atoms with Crippen LogP contribution in [0.4, 0.5) is 0 Å². The Balaban J connectivity index is 3.02. The van der Waals surface area contributed by atoms with E-state index < -0.39 is 5.97 Å². The van der Waals surface area contributed by atoms with Crippen LogP contribution >= 0.6 is 11.6 Å². The number of aromatic nitrogens is 1. The minimum atomic E-state index is -1.05. The van der Waals surface area contributed by atoms with Crippen LogP contribution in [0.5, 0.6) is 0 Å². The summed E-state index contributed by atoms with van der Waals surface area (Å²) in [6.45, 7) is 3.35. The lowest BCUT2D eigenvalue weighted by Crippen LogP contribution is -2.41. The van der Waals surface area contributed by atoms with Crippen molar-refractivity contribution in [3.63, 3.8) is 0 Å². The minimum Gasteiger partial charge on any atom is -0.480 e. The summed E-state index contributed by atoms with van der Waals surface area (Å²) >= 11 is 5.89. The van der Waals surface area contributed by atoms with Gasteiger partial charge in [-0.1, -0.05) is 18.5 Å². The monoisotopic (exact) mass is 270 g/mol. The summed E-state index contributed by atoms with van der Waals surface area (Å²) in [5, 5.41) is 9.08. The summed E-state index contributed by atoms with van der Waals surface area (Å²) in [5.41, 5.74) is 0.271. The number of rotatable bonds is 5. The van der Waals surface area contributed by atoms with Crippen LogP contribution in [-0.2, 0) is 4.79 Å². The van der Waals surface area contributed by atoms with E-state index in [-0.39, 0.29) is 29.1 Å². The second kappa shape index (κ2) is 6.35. The highest BCUT2D eigenvalue weighted by atomic mass is 35.5. The zero-order valence-electron chi connectivity index (χ0n) is 10.3. The predicted molar refractivity (Wildman–Crippen MR) is 67.7 cm³/mol. The number of aliphatic carboxylic acids is 1. The number of hydrogen-bond acceptors (Lipinski definition) is 3. The van der Waals surface area contributed by atoms with Crippen molar-refractivity contribution in [2.75, 3.05) is 6.54 Å². The first-order valence-corrected chi connectivity index (χ1v) is 5.97. The fourth-order valence-electron chi connectivity index (χ4n) is 1.50. The van der Waals surface area contributed by atoms with E-state index >= 15 is 0 Å². The minimum absolute atomic E-state index is 0.169. The summed E-state index contributed by atoms with van der Waals surface area (Å²) in [6, 6.07) is 1.32. The maximum absolute atomic E-state index is 12.3. The molecule has 0 saturated heterocycles. The van der Waals surface area contributed by atoms with Gasteiger partial charge >= 0.3 is 5.97 Å². The van der Waals surface area contributed by atoms with Crippen molar-refractivity contribution in [3.8, 4) is 0 Å². The number of carbonyl (C=O) groups excluding carboxylic acids is 1. The molecule has 98 valence electrons. The molecule has 1 rings (SSSR count). The number of carboxylic acids is 1. The van der Waals surface area contributed by atoms with Gasteiger partial charge in [0.1, 0.15) is 6.54 Å². The molecule has 1 amide bonds.